The van der Waals surface area contributed by atoms with Crippen molar-refractivity contribution >= 4 is 29.6 Å². The third-order valence-electron chi connectivity index (χ3n) is 3.88. The number of aryl methyl sites for hydroxylation is 2. The molecule has 2 aromatic rings. The van der Waals surface area contributed by atoms with Gasteiger partial charge < -0.3 is 4.57 Å². The lowest BCUT2D eigenvalue weighted by atomic mass is 10.1. The predicted octanol–water partition coefficient (Wildman–Crippen LogP) is 2.25. The van der Waals surface area contributed by atoms with E-state index in [4.69, 9.17) is 0 Å². The molecule has 0 aliphatic carbocycles. The number of rotatable bonds is 3. The van der Waals surface area contributed by atoms with Gasteiger partial charge in [0.05, 0.1) is 5.69 Å². The van der Waals surface area contributed by atoms with Crippen molar-refractivity contribution in [2.75, 3.05) is 4.90 Å². The molecule has 0 saturated carbocycles. The zero-order chi connectivity index (χ0) is 17.3. The number of amides is 4. The number of anilines is 1. The van der Waals surface area contributed by atoms with Crippen LogP contribution in [0.5, 0.6) is 0 Å². The molecular formula is C18H17N3O3. The van der Waals surface area contributed by atoms with Gasteiger partial charge in [0, 0.05) is 19.4 Å². The maximum absolute atomic E-state index is 12.8. The van der Waals surface area contributed by atoms with Gasteiger partial charge in [0.15, 0.2) is 0 Å². The first kappa shape index (κ1) is 15.7. The highest BCUT2D eigenvalue weighted by Gasteiger charge is 2.37. The highest BCUT2D eigenvalue weighted by atomic mass is 16.2. The van der Waals surface area contributed by atoms with Crippen LogP contribution < -0.4 is 10.2 Å². The number of hydrogen-bond donors (Lipinski definition) is 1. The number of carbonyl (C=O) groups is 3. The topological polar surface area (TPSA) is 71.4 Å². The summed E-state index contributed by atoms with van der Waals surface area (Å²) in [6, 6.07) is 8.22. The van der Waals surface area contributed by atoms with E-state index >= 15 is 0 Å². The van der Waals surface area contributed by atoms with E-state index < -0.39 is 17.8 Å². The highest BCUT2D eigenvalue weighted by molar-refractivity contribution is 6.39. The largest absolute Gasteiger partial charge is 0.357 e. The fourth-order valence-corrected chi connectivity index (χ4v) is 2.68. The minimum absolute atomic E-state index is 0.0632. The Labute approximate surface area is 139 Å². The number of hydrogen-bond acceptors (Lipinski definition) is 3. The molecular weight excluding hydrogens is 306 g/mol. The van der Waals surface area contributed by atoms with Gasteiger partial charge in [-0.2, -0.15) is 0 Å². The summed E-state index contributed by atoms with van der Waals surface area (Å²) in [4.78, 5) is 38.1. The molecule has 0 spiro atoms. The first-order valence-corrected chi connectivity index (χ1v) is 7.62. The normalized spacial score (nSPS) is 16.7. The molecule has 3 rings (SSSR count). The van der Waals surface area contributed by atoms with Crippen LogP contribution in [-0.4, -0.2) is 22.4 Å². The van der Waals surface area contributed by atoms with Gasteiger partial charge in [-0.1, -0.05) is 25.1 Å². The van der Waals surface area contributed by atoms with Crippen LogP contribution in [0, 0.1) is 0 Å². The summed E-state index contributed by atoms with van der Waals surface area (Å²) in [6.07, 6.45) is 5.76. The zero-order valence-electron chi connectivity index (χ0n) is 13.4. The molecule has 1 saturated heterocycles. The van der Waals surface area contributed by atoms with Gasteiger partial charge in [-0.05, 0) is 35.8 Å². The summed E-state index contributed by atoms with van der Waals surface area (Å²) in [6.45, 7) is 1.94. The molecule has 1 aliphatic heterocycles. The molecule has 1 aliphatic rings. The average Bonchev–Trinajstić information content (AvgIpc) is 2.97. The molecule has 0 unspecified atom stereocenters. The second kappa shape index (κ2) is 6.16. The Morgan fingerprint density at radius 3 is 2.54 bits per heavy atom. The van der Waals surface area contributed by atoms with Crippen LogP contribution in [0.1, 0.15) is 18.1 Å². The number of nitrogens with one attached hydrogen (secondary N) is 1. The van der Waals surface area contributed by atoms with Crippen molar-refractivity contribution in [1.82, 2.24) is 9.88 Å². The van der Waals surface area contributed by atoms with Gasteiger partial charge in [-0.3, -0.25) is 14.9 Å². The summed E-state index contributed by atoms with van der Waals surface area (Å²) in [5.74, 6) is -1.30. The smallest absolute Gasteiger partial charge is 0.335 e. The third kappa shape index (κ3) is 2.74. The number of urea groups is 1. The second-order valence-electron chi connectivity index (χ2n) is 5.55. The lowest BCUT2D eigenvalue weighted by Crippen LogP contribution is -2.54. The minimum Gasteiger partial charge on any atom is -0.357 e. The van der Waals surface area contributed by atoms with Gasteiger partial charge in [0.2, 0.25) is 0 Å². The Morgan fingerprint density at radius 2 is 1.88 bits per heavy atom. The maximum Gasteiger partial charge on any atom is 0.335 e. The van der Waals surface area contributed by atoms with E-state index in [-0.39, 0.29) is 5.57 Å². The van der Waals surface area contributed by atoms with Crippen LogP contribution in [-0.2, 0) is 23.1 Å². The average molecular weight is 323 g/mol. The molecule has 1 aromatic carbocycles. The quantitative estimate of drug-likeness (QED) is 0.695. The fourth-order valence-electron chi connectivity index (χ4n) is 2.68. The van der Waals surface area contributed by atoms with Crippen LogP contribution in [0.2, 0.25) is 0 Å². The molecule has 24 heavy (non-hydrogen) atoms. The van der Waals surface area contributed by atoms with Gasteiger partial charge in [0.1, 0.15) is 5.57 Å². The van der Waals surface area contributed by atoms with E-state index in [2.05, 4.69) is 5.32 Å². The van der Waals surface area contributed by atoms with Gasteiger partial charge >= 0.3 is 6.03 Å². The van der Waals surface area contributed by atoms with Crippen LogP contribution in [0.4, 0.5) is 10.5 Å². The summed E-state index contributed by atoms with van der Waals surface area (Å²) >= 11 is 0. The Balaban J connectivity index is 2.05. The molecule has 1 N–H and O–H groups in total. The van der Waals surface area contributed by atoms with Crippen molar-refractivity contribution in [2.45, 2.75) is 13.3 Å². The summed E-state index contributed by atoms with van der Waals surface area (Å²) in [5, 5.41) is 2.24. The first-order valence-electron chi connectivity index (χ1n) is 7.62. The Morgan fingerprint density at radius 1 is 1.12 bits per heavy atom. The van der Waals surface area contributed by atoms with Crippen molar-refractivity contribution in [2.24, 2.45) is 7.05 Å². The third-order valence-corrected chi connectivity index (χ3v) is 3.88. The molecule has 0 bridgehead atoms. The molecule has 4 amide bonds. The summed E-state index contributed by atoms with van der Waals surface area (Å²) in [7, 11) is 1.85. The zero-order valence-corrected chi connectivity index (χ0v) is 13.4. The monoisotopic (exact) mass is 323 g/mol. The second-order valence-corrected chi connectivity index (χ2v) is 5.55. The summed E-state index contributed by atoms with van der Waals surface area (Å²) in [5.41, 5.74) is 2.00. The molecule has 2 heterocycles. The number of carbonyl (C=O) groups excluding carboxylic acids is 3. The number of aromatic nitrogens is 1. The highest BCUT2D eigenvalue weighted by Crippen LogP contribution is 2.25. The Bertz CT molecular complexity index is 864. The minimum atomic E-state index is -0.726. The van der Waals surface area contributed by atoms with Crippen molar-refractivity contribution in [1.29, 1.82) is 0 Å². The lowest BCUT2D eigenvalue weighted by molar-refractivity contribution is -0.122. The molecule has 0 atom stereocenters. The lowest BCUT2D eigenvalue weighted by Gasteiger charge is -2.27. The van der Waals surface area contributed by atoms with Gasteiger partial charge in [-0.15, -0.1) is 0 Å². The molecule has 6 nitrogen and oxygen atoms in total. The van der Waals surface area contributed by atoms with Gasteiger partial charge in [0.25, 0.3) is 11.8 Å². The van der Waals surface area contributed by atoms with E-state index in [0.717, 1.165) is 10.5 Å². The van der Waals surface area contributed by atoms with Crippen LogP contribution in [0.15, 0.2) is 48.3 Å². The van der Waals surface area contributed by atoms with E-state index in [1.807, 2.05) is 36.9 Å². The number of barbiturate groups is 1. The molecule has 1 fully saturated rings. The van der Waals surface area contributed by atoms with Crippen molar-refractivity contribution in [3.8, 4) is 0 Å². The van der Waals surface area contributed by atoms with E-state index in [1.165, 1.54) is 6.08 Å². The van der Waals surface area contributed by atoms with E-state index in [0.29, 0.717) is 17.7 Å². The Kier molecular flexibility index (Phi) is 4.04. The first-order chi connectivity index (χ1) is 11.5. The predicted molar refractivity (Wildman–Crippen MR) is 90.2 cm³/mol. The van der Waals surface area contributed by atoms with Crippen LogP contribution >= 0.6 is 0 Å². The summed E-state index contributed by atoms with van der Waals surface area (Å²) < 4.78 is 1.81. The van der Waals surface area contributed by atoms with Gasteiger partial charge in [-0.25, -0.2) is 9.69 Å². The molecule has 6 heteroatoms. The molecule has 0 radical (unpaired) electrons. The van der Waals surface area contributed by atoms with E-state index in [1.54, 1.807) is 24.4 Å². The number of para-hydroxylation sites is 1. The van der Waals surface area contributed by atoms with Crippen molar-refractivity contribution in [3.63, 3.8) is 0 Å². The fraction of sp³-hybridized carbons (Fsp3) is 0.167. The maximum atomic E-state index is 12.8. The van der Waals surface area contributed by atoms with Crippen molar-refractivity contribution in [3.05, 3.63) is 59.4 Å². The number of nitrogens with zero attached hydrogens (tertiary/aromatic N) is 2. The SMILES string of the molecule is CCc1ccccc1N1C(=O)NC(=O)/C(=C/c2ccn(C)c2)C1=O. The van der Waals surface area contributed by atoms with Crippen molar-refractivity contribution < 1.29 is 14.4 Å². The number of imide groups is 2. The Hall–Kier alpha value is -3.15. The number of benzene rings is 1. The molecule has 1 aromatic heterocycles. The standard InChI is InChI=1S/C18H17N3O3/c1-3-13-6-4-5-7-15(13)21-17(23)14(16(22)19-18(21)24)10-12-8-9-20(2)11-12/h4-11H,3H2,1-2H3,(H,19,22,24)/b14-10-. The van der Waals surface area contributed by atoms with Crippen LogP contribution in [0.25, 0.3) is 6.08 Å². The van der Waals surface area contributed by atoms with E-state index in [9.17, 15) is 14.4 Å². The van der Waals surface area contributed by atoms with Crippen LogP contribution in [0.3, 0.4) is 0 Å². The molecule has 122 valence electrons.